The highest BCUT2D eigenvalue weighted by Gasteiger charge is 2.25. The number of aromatic amines is 1. The van der Waals surface area contributed by atoms with Gasteiger partial charge in [-0.05, 0) is 24.6 Å². The number of carbonyl (C=O) groups is 2. The number of hydrogen-bond donors (Lipinski definition) is 2. The van der Waals surface area contributed by atoms with E-state index in [2.05, 4.69) is 4.98 Å². The summed E-state index contributed by atoms with van der Waals surface area (Å²) in [6, 6.07) is 12.7. The first-order valence-electron chi connectivity index (χ1n) is 10.4. The molecule has 3 rings (SSSR count). The molecule has 0 saturated carbocycles. The summed E-state index contributed by atoms with van der Waals surface area (Å²) in [5.41, 5.74) is 5.38. The van der Waals surface area contributed by atoms with Gasteiger partial charge in [0.15, 0.2) is 11.5 Å². The number of anilines is 2. The third-order valence-electron chi connectivity index (χ3n) is 5.07. The van der Waals surface area contributed by atoms with Gasteiger partial charge in [0.25, 0.3) is 5.56 Å². The minimum atomic E-state index is -0.768. The van der Waals surface area contributed by atoms with Crippen molar-refractivity contribution in [2.45, 2.75) is 32.9 Å². The summed E-state index contributed by atoms with van der Waals surface area (Å²) in [6.45, 7) is 2.26. The Labute approximate surface area is 194 Å². The molecule has 0 unspecified atom stereocenters. The lowest BCUT2D eigenvalue weighted by Gasteiger charge is -2.24. The fourth-order valence-corrected chi connectivity index (χ4v) is 4.20. The van der Waals surface area contributed by atoms with Crippen LogP contribution < -0.4 is 21.9 Å². The van der Waals surface area contributed by atoms with Crippen molar-refractivity contribution in [3.05, 3.63) is 78.6 Å². The van der Waals surface area contributed by atoms with Crippen molar-refractivity contribution in [3.8, 4) is 0 Å². The van der Waals surface area contributed by atoms with Gasteiger partial charge in [0.2, 0.25) is 5.91 Å². The first-order valence-corrected chi connectivity index (χ1v) is 11.2. The number of ketones is 1. The van der Waals surface area contributed by atoms with Gasteiger partial charge < -0.3 is 15.4 Å². The number of nitrogen functional groups attached to an aromatic ring is 1. The molecule has 0 spiro atoms. The van der Waals surface area contributed by atoms with Crippen molar-refractivity contribution in [2.75, 3.05) is 24.4 Å². The predicted octanol–water partition coefficient (Wildman–Crippen LogP) is 2.33. The minimum absolute atomic E-state index is 0.00873. The Balaban J connectivity index is 1.94. The molecule has 1 amide bonds. The summed E-state index contributed by atoms with van der Waals surface area (Å²) < 4.78 is 6.17. The fraction of sp³-hybridized carbons (Fsp3) is 0.304. The molecule has 174 valence electrons. The van der Waals surface area contributed by atoms with E-state index in [-0.39, 0.29) is 49.8 Å². The maximum atomic E-state index is 13.3. The number of aromatic nitrogens is 2. The van der Waals surface area contributed by atoms with E-state index in [9.17, 15) is 19.2 Å². The lowest BCUT2D eigenvalue weighted by Crippen LogP contribution is -2.41. The molecule has 0 radical (unpaired) electrons. The van der Waals surface area contributed by atoms with Gasteiger partial charge in [-0.15, -0.1) is 11.3 Å². The van der Waals surface area contributed by atoms with Crippen LogP contribution in [0, 0.1) is 6.92 Å². The van der Waals surface area contributed by atoms with Crippen LogP contribution in [-0.2, 0) is 22.6 Å². The van der Waals surface area contributed by atoms with Gasteiger partial charge in [-0.3, -0.25) is 23.9 Å². The molecule has 3 N–H and O–H groups in total. The first kappa shape index (κ1) is 24.1. The second kappa shape index (κ2) is 10.9. The van der Waals surface area contributed by atoms with Gasteiger partial charge in [-0.2, -0.15) is 0 Å². The maximum absolute atomic E-state index is 13.3. The highest BCUT2D eigenvalue weighted by atomic mass is 32.1. The summed E-state index contributed by atoms with van der Waals surface area (Å²) >= 11 is 1.37. The Hall–Kier alpha value is -3.50. The summed E-state index contributed by atoms with van der Waals surface area (Å²) in [4.78, 5) is 55.8. The van der Waals surface area contributed by atoms with Crippen LogP contribution in [0.25, 0.3) is 0 Å². The number of amides is 1. The average molecular weight is 471 g/mol. The van der Waals surface area contributed by atoms with Crippen molar-refractivity contribution in [1.29, 1.82) is 0 Å². The number of methoxy groups -OCH3 is 1. The van der Waals surface area contributed by atoms with Gasteiger partial charge in [-0.1, -0.05) is 30.3 Å². The number of benzene rings is 1. The second-order valence-corrected chi connectivity index (χ2v) is 8.72. The SMILES string of the molecule is COCCn1c(N)c(N(Cc2ccccc2)C(=O)CCC(=O)c2ccc(C)s2)c(=O)[nH]c1=O. The molecule has 0 aliphatic carbocycles. The molecule has 0 atom stereocenters. The Morgan fingerprint density at radius 2 is 1.85 bits per heavy atom. The van der Waals surface area contributed by atoms with E-state index >= 15 is 0 Å². The number of nitrogens with zero attached hydrogens (tertiary/aromatic N) is 2. The fourth-order valence-electron chi connectivity index (χ4n) is 3.36. The molecular formula is C23H26N4O5S. The molecular weight excluding hydrogens is 444 g/mol. The summed E-state index contributed by atoms with van der Waals surface area (Å²) in [6.07, 6.45) is -0.121. The number of nitrogens with one attached hydrogen (secondary N) is 1. The molecule has 0 aliphatic rings. The highest BCUT2D eigenvalue weighted by molar-refractivity contribution is 7.14. The van der Waals surface area contributed by atoms with Gasteiger partial charge >= 0.3 is 5.69 Å². The Morgan fingerprint density at radius 1 is 1.12 bits per heavy atom. The Bertz CT molecular complexity index is 1250. The number of H-pyrrole nitrogens is 1. The Morgan fingerprint density at radius 3 is 2.48 bits per heavy atom. The Kier molecular flexibility index (Phi) is 7.96. The van der Waals surface area contributed by atoms with Crippen molar-refractivity contribution in [3.63, 3.8) is 0 Å². The van der Waals surface area contributed by atoms with Crippen LogP contribution in [0.3, 0.4) is 0 Å². The van der Waals surface area contributed by atoms with E-state index < -0.39 is 17.2 Å². The maximum Gasteiger partial charge on any atom is 0.330 e. The topological polar surface area (TPSA) is 127 Å². The quantitative estimate of drug-likeness (QED) is 0.438. The molecule has 10 heteroatoms. The number of carbonyl (C=O) groups excluding carboxylic acids is 2. The molecule has 3 aromatic rings. The molecule has 0 aliphatic heterocycles. The van der Waals surface area contributed by atoms with Gasteiger partial charge in [-0.25, -0.2) is 4.79 Å². The van der Waals surface area contributed by atoms with Crippen LogP contribution in [0.15, 0.2) is 52.1 Å². The smallest absolute Gasteiger partial charge is 0.330 e. The summed E-state index contributed by atoms with van der Waals surface area (Å²) in [5, 5.41) is 0. The highest BCUT2D eigenvalue weighted by Crippen LogP contribution is 2.22. The first-order chi connectivity index (χ1) is 15.8. The van der Waals surface area contributed by atoms with Crippen LogP contribution in [-0.4, -0.2) is 35.0 Å². The zero-order valence-corrected chi connectivity index (χ0v) is 19.3. The number of Topliss-reactive ketones (excluding diaryl/α,β-unsaturated/α-hetero) is 1. The van der Waals surface area contributed by atoms with E-state index in [1.807, 2.05) is 43.3 Å². The number of hydrogen-bond acceptors (Lipinski definition) is 7. The largest absolute Gasteiger partial charge is 0.383 e. The number of thiophene rings is 1. The minimum Gasteiger partial charge on any atom is -0.383 e. The van der Waals surface area contributed by atoms with Gasteiger partial charge in [0.1, 0.15) is 5.82 Å². The number of rotatable bonds is 10. The normalized spacial score (nSPS) is 10.8. The predicted molar refractivity (Wildman–Crippen MR) is 128 cm³/mol. The van der Waals surface area contributed by atoms with E-state index in [0.29, 0.717) is 4.88 Å². The van der Waals surface area contributed by atoms with Crippen LogP contribution in [0.5, 0.6) is 0 Å². The van der Waals surface area contributed by atoms with Gasteiger partial charge in [0.05, 0.1) is 24.6 Å². The van der Waals surface area contributed by atoms with E-state index in [4.69, 9.17) is 10.5 Å². The van der Waals surface area contributed by atoms with E-state index in [1.165, 1.54) is 23.3 Å². The van der Waals surface area contributed by atoms with Crippen molar-refractivity contribution in [1.82, 2.24) is 9.55 Å². The lowest BCUT2D eigenvalue weighted by molar-refractivity contribution is -0.118. The van der Waals surface area contributed by atoms with Crippen LogP contribution >= 0.6 is 11.3 Å². The standard InChI is InChI=1S/C23H26N4O5S/c1-15-8-10-18(33-15)17(28)9-11-19(29)27(14-16-6-4-3-5-7-16)20-21(24)26(12-13-32-2)23(31)25-22(20)30/h3-8,10H,9,11-14,24H2,1-2H3,(H,25,30,31). The summed E-state index contributed by atoms with van der Waals surface area (Å²) in [7, 11) is 1.48. The van der Waals surface area contributed by atoms with Crippen LogP contribution in [0.1, 0.15) is 33.0 Å². The van der Waals surface area contributed by atoms with Crippen molar-refractivity contribution in [2.24, 2.45) is 0 Å². The molecule has 0 bridgehead atoms. The van der Waals surface area contributed by atoms with Crippen LogP contribution in [0.4, 0.5) is 11.5 Å². The lowest BCUT2D eigenvalue weighted by atomic mass is 10.1. The zero-order chi connectivity index (χ0) is 24.0. The van der Waals surface area contributed by atoms with Crippen molar-refractivity contribution < 1.29 is 14.3 Å². The molecule has 1 aromatic carbocycles. The third kappa shape index (κ3) is 5.85. The molecule has 0 fully saturated rings. The monoisotopic (exact) mass is 470 g/mol. The second-order valence-electron chi connectivity index (χ2n) is 7.44. The van der Waals surface area contributed by atoms with E-state index in [0.717, 1.165) is 15.0 Å². The molecule has 2 heterocycles. The third-order valence-corrected chi connectivity index (χ3v) is 6.11. The number of ether oxygens (including phenoxy) is 1. The van der Waals surface area contributed by atoms with Gasteiger partial charge in [0, 0.05) is 24.8 Å². The molecule has 9 nitrogen and oxygen atoms in total. The average Bonchev–Trinajstić information content (AvgIpc) is 3.23. The molecule has 2 aromatic heterocycles. The molecule has 33 heavy (non-hydrogen) atoms. The zero-order valence-electron chi connectivity index (χ0n) is 18.5. The number of nitrogens with two attached hydrogens (primary N) is 1. The summed E-state index contributed by atoms with van der Waals surface area (Å²) in [5.74, 6) is -0.729. The molecule has 0 saturated heterocycles. The van der Waals surface area contributed by atoms with Crippen molar-refractivity contribution >= 4 is 34.5 Å². The van der Waals surface area contributed by atoms with E-state index in [1.54, 1.807) is 6.07 Å². The van der Waals surface area contributed by atoms with Crippen LogP contribution in [0.2, 0.25) is 0 Å². The number of aryl methyl sites for hydroxylation is 1.